The molecule has 0 atom stereocenters. The molecule has 0 fully saturated rings. The number of methoxy groups -OCH3 is 2. The summed E-state index contributed by atoms with van der Waals surface area (Å²) >= 11 is 0. The van der Waals surface area contributed by atoms with Gasteiger partial charge in [-0.25, -0.2) is 0 Å². The summed E-state index contributed by atoms with van der Waals surface area (Å²) in [6.07, 6.45) is 0. The van der Waals surface area contributed by atoms with Crippen molar-refractivity contribution in [2.45, 2.75) is 0 Å². The molecule has 0 aromatic heterocycles. The number of ether oxygens (including phenoxy) is 2. The first-order valence-electron chi connectivity index (χ1n) is 1.89. The summed E-state index contributed by atoms with van der Waals surface area (Å²) in [5.74, 6) is 0. The van der Waals surface area contributed by atoms with Crippen molar-refractivity contribution in [1.29, 1.82) is 0 Å². The number of rotatable bonds is 3. The molecule has 0 saturated carbocycles. The largest absolute Gasteiger partial charge is 1.00 e. The van der Waals surface area contributed by atoms with Crippen molar-refractivity contribution < 1.29 is 59.9 Å². The van der Waals surface area contributed by atoms with Crippen LogP contribution in [0.1, 0.15) is 0 Å². The molecular weight excluding hydrogens is 299 g/mol. The zero-order valence-electron chi connectivity index (χ0n) is 5.30. The van der Waals surface area contributed by atoms with E-state index >= 15 is 0 Å². The minimum Gasteiger partial charge on any atom is -1.00 e. The molecule has 0 bridgehead atoms. The van der Waals surface area contributed by atoms with E-state index in [0.29, 0.717) is 13.2 Å². The molecule has 64 valence electrons. The Morgan fingerprint density at radius 3 is 1.22 bits per heavy atom. The minimum atomic E-state index is 0. The van der Waals surface area contributed by atoms with Crippen LogP contribution in [0.25, 0.3) is 0 Å². The van der Waals surface area contributed by atoms with Crippen molar-refractivity contribution in [3.8, 4) is 0 Å². The second-order valence-corrected chi connectivity index (χ2v) is 0.986. The first-order chi connectivity index (χ1) is 2.91. The van der Waals surface area contributed by atoms with E-state index in [4.69, 9.17) is 0 Å². The Hall–Kier alpha value is 1.37. The molecule has 0 radical (unpaired) electrons. The fourth-order valence-corrected chi connectivity index (χ4v) is 0.167. The summed E-state index contributed by atoms with van der Waals surface area (Å²) in [6.45, 7) is 1.38. The van der Waals surface area contributed by atoms with Gasteiger partial charge in [-0.3, -0.25) is 0 Å². The van der Waals surface area contributed by atoms with Crippen molar-refractivity contribution in [2.24, 2.45) is 0 Å². The van der Waals surface area contributed by atoms with Crippen molar-refractivity contribution in [2.75, 3.05) is 27.4 Å². The van der Waals surface area contributed by atoms with Gasteiger partial charge in [0, 0.05) is 30.7 Å². The zero-order chi connectivity index (χ0) is 4.83. The van der Waals surface area contributed by atoms with E-state index in [1.807, 2.05) is 0 Å². The maximum atomic E-state index is 4.66. The van der Waals surface area contributed by atoms with Crippen molar-refractivity contribution in [3.63, 3.8) is 0 Å². The molecule has 0 aromatic carbocycles. The van der Waals surface area contributed by atoms with Gasteiger partial charge in [0.1, 0.15) is 0 Å². The fourth-order valence-electron chi connectivity index (χ4n) is 0.167. The first kappa shape index (κ1) is 22.4. The Bertz CT molecular complexity index is 28.5. The molecular formula is C4H10Br2NiO2-2. The van der Waals surface area contributed by atoms with E-state index in [1.165, 1.54) is 0 Å². The van der Waals surface area contributed by atoms with E-state index in [1.54, 1.807) is 14.2 Å². The number of hydrogen-bond acceptors (Lipinski definition) is 2. The van der Waals surface area contributed by atoms with E-state index in [0.717, 1.165) is 0 Å². The van der Waals surface area contributed by atoms with Crippen molar-refractivity contribution >= 4 is 0 Å². The summed E-state index contributed by atoms with van der Waals surface area (Å²) < 4.78 is 9.31. The van der Waals surface area contributed by atoms with Crippen molar-refractivity contribution in [1.82, 2.24) is 0 Å². The molecule has 2 nitrogen and oxygen atoms in total. The van der Waals surface area contributed by atoms with E-state index in [9.17, 15) is 0 Å². The summed E-state index contributed by atoms with van der Waals surface area (Å²) in [5.41, 5.74) is 0. The van der Waals surface area contributed by atoms with Crippen molar-refractivity contribution in [3.05, 3.63) is 0 Å². The van der Waals surface area contributed by atoms with Gasteiger partial charge in [0.05, 0.1) is 13.2 Å². The Kier molecular flexibility index (Phi) is 56.7. The van der Waals surface area contributed by atoms with Crippen LogP contribution in [0.3, 0.4) is 0 Å². The Labute approximate surface area is 87.1 Å². The standard InChI is InChI=1S/C4H10O2.2BrH.Ni/c1-5-3-4-6-2;;;/h3-4H2,1-2H3;2*1H;/p-2. The first-order valence-corrected chi connectivity index (χ1v) is 1.89. The molecule has 0 aliphatic carbocycles. The van der Waals surface area contributed by atoms with Crippen LogP contribution in [-0.4, -0.2) is 27.4 Å². The monoisotopic (exact) mass is 306 g/mol. The van der Waals surface area contributed by atoms with Crippen LogP contribution in [0.15, 0.2) is 0 Å². The predicted octanol–water partition coefficient (Wildman–Crippen LogP) is -5.72. The molecule has 0 aromatic rings. The average molecular weight is 309 g/mol. The Morgan fingerprint density at radius 2 is 1.11 bits per heavy atom. The van der Waals surface area contributed by atoms with Crippen LogP contribution < -0.4 is 34.0 Å². The maximum absolute atomic E-state index is 4.66. The molecule has 0 rings (SSSR count). The van der Waals surface area contributed by atoms with Crippen LogP contribution in [-0.2, 0) is 26.0 Å². The van der Waals surface area contributed by atoms with Gasteiger partial charge in [-0.1, -0.05) is 0 Å². The molecule has 0 heterocycles. The van der Waals surface area contributed by atoms with Gasteiger partial charge in [-0.2, -0.15) is 0 Å². The molecule has 0 saturated heterocycles. The molecule has 0 spiro atoms. The van der Waals surface area contributed by atoms with Gasteiger partial charge in [0.2, 0.25) is 0 Å². The number of halogens is 2. The smallest absolute Gasteiger partial charge is 0.0696 e. The SMILES string of the molecule is COCCOC.[Br-].[Br-].[Ni]. The molecule has 0 amide bonds. The van der Waals surface area contributed by atoms with Gasteiger partial charge in [0.25, 0.3) is 0 Å². The van der Waals surface area contributed by atoms with Gasteiger partial charge in [-0.05, 0) is 0 Å². The van der Waals surface area contributed by atoms with Crippen LogP contribution in [0.4, 0.5) is 0 Å². The van der Waals surface area contributed by atoms with E-state index in [-0.39, 0.29) is 50.5 Å². The third kappa shape index (κ3) is 26.6. The molecule has 0 N–H and O–H groups in total. The molecule has 5 heteroatoms. The molecule has 0 unspecified atom stereocenters. The third-order valence-electron chi connectivity index (χ3n) is 0.492. The average Bonchev–Trinajstić information content (AvgIpc) is 1.61. The second-order valence-electron chi connectivity index (χ2n) is 0.986. The van der Waals surface area contributed by atoms with Crippen LogP contribution in [0.5, 0.6) is 0 Å². The Balaban J connectivity index is -0.0000000417. The zero-order valence-corrected chi connectivity index (χ0v) is 9.46. The van der Waals surface area contributed by atoms with Crippen LogP contribution >= 0.6 is 0 Å². The normalized spacial score (nSPS) is 6.00. The Morgan fingerprint density at radius 1 is 0.889 bits per heavy atom. The predicted molar refractivity (Wildman–Crippen MR) is 23.8 cm³/mol. The van der Waals surface area contributed by atoms with Gasteiger partial charge < -0.3 is 43.4 Å². The molecule has 9 heavy (non-hydrogen) atoms. The van der Waals surface area contributed by atoms with Gasteiger partial charge >= 0.3 is 0 Å². The summed E-state index contributed by atoms with van der Waals surface area (Å²) in [4.78, 5) is 0. The summed E-state index contributed by atoms with van der Waals surface area (Å²) in [5, 5.41) is 0. The quantitative estimate of drug-likeness (QED) is 0.382. The van der Waals surface area contributed by atoms with Crippen LogP contribution in [0, 0.1) is 0 Å². The van der Waals surface area contributed by atoms with E-state index < -0.39 is 0 Å². The third-order valence-corrected chi connectivity index (χ3v) is 0.492. The minimum absolute atomic E-state index is 0. The van der Waals surface area contributed by atoms with Crippen LogP contribution in [0.2, 0.25) is 0 Å². The fraction of sp³-hybridized carbons (Fsp3) is 1.00. The maximum Gasteiger partial charge on any atom is 0.0696 e. The van der Waals surface area contributed by atoms with Gasteiger partial charge in [-0.15, -0.1) is 0 Å². The molecule has 0 aliphatic rings. The topological polar surface area (TPSA) is 18.5 Å². The summed E-state index contributed by atoms with van der Waals surface area (Å²) in [6, 6.07) is 0. The van der Waals surface area contributed by atoms with Gasteiger partial charge in [0.15, 0.2) is 0 Å². The second kappa shape index (κ2) is 22.8. The molecule has 0 aliphatic heterocycles. The summed E-state index contributed by atoms with van der Waals surface area (Å²) in [7, 11) is 3.30. The number of hydrogen-bond donors (Lipinski definition) is 0. The van der Waals surface area contributed by atoms with E-state index in [2.05, 4.69) is 9.47 Å².